The van der Waals surface area contributed by atoms with Crippen LogP contribution in [0.5, 0.6) is 0 Å². The lowest BCUT2D eigenvalue weighted by Gasteiger charge is -2.28. The van der Waals surface area contributed by atoms with Crippen molar-refractivity contribution in [1.82, 2.24) is 4.90 Å². The molecule has 0 saturated carbocycles. The molecule has 2 aromatic carbocycles. The number of amides is 2. The normalized spacial score (nSPS) is 18.6. The van der Waals surface area contributed by atoms with Crippen molar-refractivity contribution in [3.8, 4) is 0 Å². The van der Waals surface area contributed by atoms with E-state index < -0.39 is 6.04 Å². The average molecular weight is 443 g/mol. The standard InChI is InChI=1S/C22H19ClN2O2S2/c1-14-8-10-15(11-9-14)24-20(26)18-13-29-22(19-7-4-12-28-19)25(18)21(27)16-5-2-3-6-17(16)23/h2-12,18,22H,13H2,1H3,(H,24,26). The largest absolute Gasteiger partial charge is 0.324 e. The molecule has 0 bridgehead atoms. The summed E-state index contributed by atoms with van der Waals surface area (Å²) in [7, 11) is 0. The van der Waals surface area contributed by atoms with E-state index in [2.05, 4.69) is 5.32 Å². The van der Waals surface area contributed by atoms with Crippen LogP contribution in [0.25, 0.3) is 0 Å². The molecule has 4 rings (SSSR count). The summed E-state index contributed by atoms with van der Waals surface area (Å²) in [6, 6.07) is 18.0. The third kappa shape index (κ3) is 4.20. The van der Waals surface area contributed by atoms with Crippen LogP contribution in [0.2, 0.25) is 5.02 Å². The predicted octanol–water partition coefficient (Wildman–Crippen LogP) is 5.61. The number of hydrogen-bond donors (Lipinski definition) is 1. The number of anilines is 1. The molecule has 148 valence electrons. The molecule has 0 radical (unpaired) electrons. The third-order valence-electron chi connectivity index (χ3n) is 4.75. The molecule has 1 aliphatic rings. The Morgan fingerprint density at radius 3 is 2.52 bits per heavy atom. The number of thioether (sulfide) groups is 1. The average Bonchev–Trinajstić information content (AvgIpc) is 3.39. The van der Waals surface area contributed by atoms with Gasteiger partial charge in [-0.1, -0.05) is 47.5 Å². The lowest BCUT2D eigenvalue weighted by Crippen LogP contribution is -2.45. The van der Waals surface area contributed by atoms with Crippen molar-refractivity contribution in [3.63, 3.8) is 0 Å². The molecule has 0 aliphatic carbocycles. The molecule has 1 fully saturated rings. The zero-order chi connectivity index (χ0) is 20.4. The van der Waals surface area contributed by atoms with Crippen molar-refractivity contribution >= 4 is 52.2 Å². The molecule has 3 aromatic rings. The zero-order valence-electron chi connectivity index (χ0n) is 15.7. The van der Waals surface area contributed by atoms with Gasteiger partial charge in [0.2, 0.25) is 5.91 Å². The molecule has 2 unspecified atom stereocenters. The molecule has 1 aromatic heterocycles. The molecular formula is C22H19ClN2O2S2. The van der Waals surface area contributed by atoms with Gasteiger partial charge in [-0.2, -0.15) is 0 Å². The predicted molar refractivity (Wildman–Crippen MR) is 121 cm³/mol. The van der Waals surface area contributed by atoms with E-state index in [0.717, 1.165) is 16.1 Å². The number of hydrogen-bond acceptors (Lipinski definition) is 4. The van der Waals surface area contributed by atoms with Crippen LogP contribution in [-0.4, -0.2) is 28.5 Å². The molecule has 1 aliphatic heterocycles. The van der Waals surface area contributed by atoms with Crippen LogP contribution in [0, 0.1) is 6.92 Å². The van der Waals surface area contributed by atoms with E-state index >= 15 is 0 Å². The minimum atomic E-state index is -0.586. The van der Waals surface area contributed by atoms with Gasteiger partial charge in [0.25, 0.3) is 5.91 Å². The summed E-state index contributed by atoms with van der Waals surface area (Å²) < 4.78 is 0. The highest BCUT2D eigenvalue weighted by molar-refractivity contribution is 7.99. The van der Waals surface area contributed by atoms with Crippen LogP contribution in [0.1, 0.15) is 26.2 Å². The SMILES string of the molecule is Cc1ccc(NC(=O)C2CSC(c3cccs3)N2C(=O)c2ccccc2Cl)cc1. The number of benzene rings is 2. The van der Waals surface area contributed by atoms with Gasteiger partial charge in [-0.25, -0.2) is 0 Å². The van der Waals surface area contributed by atoms with Gasteiger partial charge in [0.1, 0.15) is 11.4 Å². The Balaban J connectivity index is 1.65. The maximum atomic E-state index is 13.4. The maximum Gasteiger partial charge on any atom is 0.257 e. The molecule has 2 amide bonds. The van der Waals surface area contributed by atoms with Crippen molar-refractivity contribution in [1.29, 1.82) is 0 Å². The summed E-state index contributed by atoms with van der Waals surface area (Å²) in [5, 5.41) is 5.10. The maximum absolute atomic E-state index is 13.4. The van der Waals surface area contributed by atoms with Crippen LogP contribution in [0.4, 0.5) is 5.69 Å². The number of nitrogens with zero attached hydrogens (tertiary/aromatic N) is 1. The van der Waals surface area contributed by atoms with Gasteiger partial charge in [0.05, 0.1) is 10.6 Å². The van der Waals surface area contributed by atoms with E-state index in [9.17, 15) is 9.59 Å². The van der Waals surface area contributed by atoms with Crippen LogP contribution in [0.3, 0.4) is 0 Å². The quantitative estimate of drug-likeness (QED) is 0.571. The van der Waals surface area contributed by atoms with Crippen LogP contribution in [0.15, 0.2) is 66.0 Å². The molecule has 7 heteroatoms. The Bertz CT molecular complexity index is 1020. The Hall–Kier alpha value is -2.28. The molecule has 0 spiro atoms. The number of carbonyl (C=O) groups is 2. The smallest absolute Gasteiger partial charge is 0.257 e. The fraction of sp³-hybridized carbons (Fsp3) is 0.182. The van der Waals surface area contributed by atoms with E-state index in [1.165, 1.54) is 0 Å². The Kier molecular flexibility index (Phi) is 5.94. The van der Waals surface area contributed by atoms with Gasteiger partial charge in [-0.3, -0.25) is 9.59 Å². The van der Waals surface area contributed by atoms with Crippen molar-refractivity contribution in [2.24, 2.45) is 0 Å². The molecule has 1 saturated heterocycles. The first-order valence-electron chi connectivity index (χ1n) is 9.14. The van der Waals surface area contributed by atoms with E-state index in [-0.39, 0.29) is 17.2 Å². The number of aryl methyl sites for hydroxylation is 1. The second kappa shape index (κ2) is 8.61. The minimum Gasteiger partial charge on any atom is -0.324 e. The second-order valence-electron chi connectivity index (χ2n) is 6.76. The zero-order valence-corrected chi connectivity index (χ0v) is 18.1. The fourth-order valence-corrected chi connectivity index (χ4v) is 5.85. The van der Waals surface area contributed by atoms with Gasteiger partial charge in [-0.05, 0) is 42.6 Å². The van der Waals surface area contributed by atoms with Crippen molar-refractivity contribution in [2.75, 3.05) is 11.1 Å². The van der Waals surface area contributed by atoms with Crippen LogP contribution >= 0.6 is 34.7 Å². The van der Waals surface area contributed by atoms with E-state index in [0.29, 0.717) is 16.3 Å². The topological polar surface area (TPSA) is 49.4 Å². The number of nitrogens with one attached hydrogen (secondary N) is 1. The lowest BCUT2D eigenvalue weighted by molar-refractivity contribution is -0.119. The van der Waals surface area contributed by atoms with Crippen molar-refractivity contribution < 1.29 is 9.59 Å². The Labute approximate surface area is 182 Å². The van der Waals surface area contributed by atoms with E-state index in [1.807, 2.05) is 48.7 Å². The Morgan fingerprint density at radius 2 is 1.83 bits per heavy atom. The molecule has 29 heavy (non-hydrogen) atoms. The first kappa shape index (κ1) is 20.0. The summed E-state index contributed by atoms with van der Waals surface area (Å²) in [6.45, 7) is 1.99. The van der Waals surface area contributed by atoms with Gasteiger partial charge >= 0.3 is 0 Å². The van der Waals surface area contributed by atoms with Crippen molar-refractivity contribution in [3.05, 3.63) is 87.1 Å². The summed E-state index contributed by atoms with van der Waals surface area (Å²) in [5.74, 6) is 0.0973. The van der Waals surface area contributed by atoms with Gasteiger partial charge < -0.3 is 10.2 Å². The fourth-order valence-electron chi connectivity index (χ4n) is 3.24. The highest BCUT2D eigenvalue weighted by Gasteiger charge is 2.43. The molecule has 1 N–H and O–H groups in total. The van der Waals surface area contributed by atoms with E-state index in [4.69, 9.17) is 11.6 Å². The number of carbonyl (C=O) groups excluding carboxylic acids is 2. The number of thiophene rings is 1. The number of halogens is 1. The first-order chi connectivity index (χ1) is 14.0. The van der Waals surface area contributed by atoms with Gasteiger partial charge in [0, 0.05) is 16.3 Å². The minimum absolute atomic E-state index is 0.194. The molecule has 2 atom stereocenters. The molecule has 4 nitrogen and oxygen atoms in total. The van der Waals surface area contributed by atoms with Gasteiger partial charge in [0.15, 0.2) is 0 Å². The first-order valence-corrected chi connectivity index (χ1v) is 11.4. The monoisotopic (exact) mass is 442 g/mol. The lowest BCUT2D eigenvalue weighted by atomic mass is 10.1. The molecular weight excluding hydrogens is 424 g/mol. The Morgan fingerprint density at radius 1 is 1.07 bits per heavy atom. The van der Waals surface area contributed by atoms with Crippen molar-refractivity contribution in [2.45, 2.75) is 18.3 Å². The van der Waals surface area contributed by atoms with E-state index in [1.54, 1.807) is 52.3 Å². The summed E-state index contributed by atoms with van der Waals surface area (Å²) in [4.78, 5) is 29.2. The number of rotatable bonds is 4. The summed E-state index contributed by atoms with van der Waals surface area (Å²) in [6.07, 6.45) is 0. The second-order valence-corrected chi connectivity index (χ2v) is 9.26. The van der Waals surface area contributed by atoms with Crippen LogP contribution in [-0.2, 0) is 4.79 Å². The summed E-state index contributed by atoms with van der Waals surface area (Å²) >= 11 is 9.47. The van der Waals surface area contributed by atoms with Gasteiger partial charge in [-0.15, -0.1) is 23.1 Å². The third-order valence-corrected chi connectivity index (χ3v) is 7.46. The highest BCUT2D eigenvalue weighted by Crippen LogP contribution is 2.44. The molecule has 2 heterocycles. The highest BCUT2D eigenvalue weighted by atomic mass is 35.5. The summed E-state index contributed by atoms with van der Waals surface area (Å²) in [5.41, 5.74) is 2.24. The van der Waals surface area contributed by atoms with Crippen LogP contribution < -0.4 is 5.32 Å².